The minimum absolute atomic E-state index is 0.145. The number of nitrogens with two attached hydrogens (primary N) is 1. The Labute approximate surface area is 181 Å². The van der Waals surface area contributed by atoms with E-state index in [0.29, 0.717) is 10.2 Å². The second kappa shape index (κ2) is 10.2. The van der Waals surface area contributed by atoms with Crippen molar-refractivity contribution in [3.05, 3.63) is 59.1 Å². The number of amides is 1. The molecule has 0 atom stereocenters. The third-order valence-electron chi connectivity index (χ3n) is 3.63. The highest BCUT2D eigenvalue weighted by molar-refractivity contribution is 7.99. The molecule has 1 amide bonds. The molecule has 3 aromatic rings. The summed E-state index contributed by atoms with van der Waals surface area (Å²) < 4.78 is 1.24. The van der Waals surface area contributed by atoms with Gasteiger partial charge in [0.05, 0.1) is 17.7 Å². The summed E-state index contributed by atoms with van der Waals surface area (Å²) in [5, 5.41) is 15.9. The molecule has 0 saturated heterocycles. The molecule has 0 bridgehead atoms. The van der Waals surface area contributed by atoms with Crippen molar-refractivity contribution in [3.63, 3.8) is 0 Å². The molecule has 1 aromatic heterocycles. The second-order valence-corrected chi connectivity index (χ2v) is 7.86. The molecule has 4 N–H and O–H groups in total. The topological polar surface area (TPSA) is 110 Å². The van der Waals surface area contributed by atoms with Crippen molar-refractivity contribution in [3.8, 4) is 0 Å². The maximum absolute atomic E-state index is 12.2. The molecule has 11 heteroatoms. The molecule has 150 valence electrons. The number of hydrazone groups is 1. The van der Waals surface area contributed by atoms with Crippen LogP contribution in [0.1, 0.15) is 5.56 Å². The van der Waals surface area contributed by atoms with Crippen molar-refractivity contribution in [2.75, 3.05) is 28.6 Å². The summed E-state index contributed by atoms with van der Waals surface area (Å²) in [6, 6.07) is 14.8. The normalized spacial score (nSPS) is 11.0. The molecule has 29 heavy (non-hydrogen) atoms. The SMILES string of the molecule is CSc1ccccc1NC(=O)CSc1nnc(N/N=C/c2ccc(Cl)cc2)n1N. The molecule has 0 aliphatic rings. The monoisotopic (exact) mass is 447 g/mol. The zero-order valence-electron chi connectivity index (χ0n) is 15.4. The van der Waals surface area contributed by atoms with E-state index in [9.17, 15) is 4.79 Å². The van der Waals surface area contributed by atoms with Crippen molar-refractivity contribution < 1.29 is 4.79 Å². The van der Waals surface area contributed by atoms with Gasteiger partial charge in [-0.25, -0.2) is 10.1 Å². The molecular weight excluding hydrogens is 430 g/mol. The Morgan fingerprint density at radius 3 is 2.76 bits per heavy atom. The predicted octanol–water partition coefficient (Wildman–Crippen LogP) is 3.54. The van der Waals surface area contributed by atoms with Gasteiger partial charge in [0.15, 0.2) is 0 Å². The highest BCUT2D eigenvalue weighted by atomic mass is 35.5. The van der Waals surface area contributed by atoms with Crippen LogP contribution in [0.25, 0.3) is 0 Å². The number of anilines is 2. The van der Waals surface area contributed by atoms with Crippen molar-refractivity contribution in [2.24, 2.45) is 5.10 Å². The molecule has 8 nitrogen and oxygen atoms in total. The van der Waals surface area contributed by atoms with Gasteiger partial charge in [0, 0.05) is 9.92 Å². The van der Waals surface area contributed by atoms with E-state index < -0.39 is 0 Å². The molecule has 0 saturated carbocycles. The minimum atomic E-state index is -0.158. The highest BCUT2D eigenvalue weighted by Gasteiger charge is 2.13. The summed E-state index contributed by atoms with van der Waals surface area (Å²) in [5.41, 5.74) is 4.36. The van der Waals surface area contributed by atoms with Gasteiger partial charge in [-0.3, -0.25) is 4.79 Å². The van der Waals surface area contributed by atoms with Gasteiger partial charge < -0.3 is 11.2 Å². The number of nitrogens with zero attached hydrogens (tertiary/aromatic N) is 4. The Morgan fingerprint density at radius 1 is 1.24 bits per heavy atom. The standard InChI is InChI=1S/C18H18ClN7OS2/c1-28-15-5-3-2-4-14(15)22-16(27)11-29-18-25-24-17(26(18)20)23-21-10-12-6-8-13(19)9-7-12/h2-10H,11,20H2,1H3,(H,22,27)(H,23,24)/b21-10+. The Morgan fingerprint density at radius 2 is 2.00 bits per heavy atom. The fraction of sp³-hybridized carbons (Fsp3) is 0.111. The Bertz CT molecular complexity index is 1010. The van der Waals surface area contributed by atoms with Crippen LogP contribution in [0.2, 0.25) is 5.02 Å². The number of hydrogen-bond donors (Lipinski definition) is 3. The van der Waals surface area contributed by atoms with E-state index in [2.05, 4.69) is 26.0 Å². The van der Waals surface area contributed by atoms with Gasteiger partial charge in [0.25, 0.3) is 5.95 Å². The minimum Gasteiger partial charge on any atom is -0.334 e. The van der Waals surface area contributed by atoms with E-state index in [1.165, 1.54) is 16.4 Å². The molecule has 3 rings (SSSR count). The number of para-hydroxylation sites is 1. The molecule has 2 aromatic carbocycles. The summed E-state index contributed by atoms with van der Waals surface area (Å²) >= 11 is 8.59. The number of hydrogen-bond acceptors (Lipinski definition) is 8. The fourth-order valence-corrected chi connectivity index (χ4v) is 3.57. The lowest BCUT2D eigenvalue weighted by Gasteiger charge is -2.08. The van der Waals surface area contributed by atoms with Gasteiger partial charge in [-0.05, 0) is 36.1 Å². The number of nitrogens with one attached hydrogen (secondary N) is 2. The molecule has 0 fully saturated rings. The molecule has 0 aliphatic carbocycles. The number of halogens is 1. The van der Waals surface area contributed by atoms with Gasteiger partial charge in [-0.1, -0.05) is 47.6 Å². The van der Waals surface area contributed by atoms with E-state index >= 15 is 0 Å². The first-order valence-corrected chi connectivity index (χ1v) is 11.0. The van der Waals surface area contributed by atoms with Gasteiger partial charge in [-0.15, -0.1) is 22.0 Å². The highest BCUT2D eigenvalue weighted by Crippen LogP contribution is 2.25. The number of carbonyl (C=O) groups is 1. The summed E-state index contributed by atoms with van der Waals surface area (Å²) in [6.45, 7) is 0. The van der Waals surface area contributed by atoms with E-state index in [0.717, 1.165) is 16.1 Å². The summed E-state index contributed by atoms with van der Waals surface area (Å²) in [5.74, 6) is 6.21. The number of carbonyl (C=O) groups excluding carboxylic acids is 1. The zero-order valence-corrected chi connectivity index (χ0v) is 17.8. The van der Waals surface area contributed by atoms with Crippen LogP contribution in [-0.2, 0) is 4.79 Å². The average Bonchev–Trinajstić information content (AvgIpc) is 3.08. The van der Waals surface area contributed by atoms with Crippen LogP contribution >= 0.6 is 35.1 Å². The molecular formula is C18H18ClN7OS2. The van der Waals surface area contributed by atoms with Crippen molar-refractivity contribution in [1.29, 1.82) is 0 Å². The average molecular weight is 448 g/mol. The van der Waals surface area contributed by atoms with Crippen LogP contribution in [-0.4, -0.2) is 39.0 Å². The molecule has 0 spiro atoms. The number of rotatable bonds is 8. The van der Waals surface area contributed by atoms with Crippen LogP contribution in [0.5, 0.6) is 0 Å². The largest absolute Gasteiger partial charge is 0.334 e. The number of benzene rings is 2. The predicted molar refractivity (Wildman–Crippen MR) is 120 cm³/mol. The number of nitrogen functional groups attached to an aromatic ring is 1. The van der Waals surface area contributed by atoms with Crippen molar-refractivity contribution in [2.45, 2.75) is 10.1 Å². The Balaban J connectivity index is 1.54. The maximum atomic E-state index is 12.2. The zero-order chi connectivity index (χ0) is 20.6. The quantitative estimate of drug-likeness (QED) is 0.209. The Hall–Kier alpha value is -2.69. The van der Waals surface area contributed by atoms with Crippen LogP contribution in [0, 0.1) is 0 Å². The molecule has 0 unspecified atom stereocenters. The first kappa shape index (κ1) is 21.0. The van der Waals surface area contributed by atoms with Crippen molar-refractivity contribution in [1.82, 2.24) is 14.9 Å². The number of aromatic nitrogens is 3. The maximum Gasteiger partial charge on any atom is 0.264 e. The molecule has 1 heterocycles. The van der Waals surface area contributed by atoms with Crippen molar-refractivity contribution >= 4 is 58.9 Å². The van der Waals surface area contributed by atoms with Gasteiger partial charge >= 0.3 is 0 Å². The second-order valence-electron chi connectivity index (χ2n) is 5.63. The van der Waals surface area contributed by atoms with Gasteiger partial charge in [0.1, 0.15) is 0 Å². The van der Waals surface area contributed by atoms with Crippen LogP contribution in [0.3, 0.4) is 0 Å². The first-order valence-electron chi connectivity index (χ1n) is 8.37. The summed E-state index contributed by atoms with van der Waals surface area (Å²) in [7, 11) is 0. The number of thioether (sulfide) groups is 2. The van der Waals surface area contributed by atoms with E-state index in [1.54, 1.807) is 30.1 Å². The first-order chi connectivity index (χ1) is 14.1. The third-order valence-corrected chi connectivity index (χ3v) is 5.62. The lowest BCUT2D eigenvalue weighted by molar-refractivity contribution is -0.113. The van der Waals surface area contributed by atoms with Crippen LogP contribution < -0.4 is 16.6 Å². The van der Waals surface area contributed by atoms with E-state index in [4.69, 9.17) is 17.4 Å². The van der Waals surface area contributed by atoms with E-state index in [1.807, 2.05) is 42.7 Å². The van der Waals surface area contributed by atoms with Crippen LogP contribution in [0.4, 0.5) is 11.6 Å². The summed E-state index contributed by atoms with van der Waals surface area (Å²) in [4.78, 5) is 13.2. The Kier molecular flexibility index (Phi) is 7.39. The third kappa shape index (κ3) is 5.89. The molecule has 0 radical (unpaired) electrons. The molecule has 0 aliphatic heterocycles. The van der Waals surface area contributed by atoms with E-state index in [-0.39, 0.29) is 17.6 Å². The lowest BCUT2D eigenvalue weighted by Crippen LogP contribution is -2.17. The smallest absolute Gasteiger partial charge is 0.264 e. The van der Waals surface area contributed by atoms with Gasteiger partial charge in [-0.2, -0.15) is 5.10 Å². The lowest BCUT2D eigenvalue weighted by atomic mass is 10.2. The fourth-order valence-electron chi connectivity index (χ4n) is 2.23. The van der Waals surface area contributed by atoms with Gasteiger partial charge in [0.2, 0.25) is 11.1 Å². The van der Waals surface area contributed by atoms with Crippen LogP contribution in [0.15, 0.2) is 63.7 Å². The summed E-state index contributed by atoms with van der Waals surface area (Å²) in [6.07, 6.45) is 3.56.